The van der Waals surface area contributed by atoms with Crippen LogP contribution in [0, 0.1) is 0 Å². The number of esters is 1. The number of ether oxygens (including phenoxy) is 1. The van der Waals surface area contributed by atoms with Gasteiger partial charge in [-0.25, -0.2) is 0 Å². The average molecular weight is 201 g/mol. The number of nitrogens with one attached hydrogen (secondary N) is 1. The van der Waals surface area contributed by atoms with Crippen LogP contribution in [0.2, 0.25) is 0 Å². The van der Waals surface area contributed by atoms with Crippen LogP contribution in [0.15, 0.2) is 24.3 Å². The van der Waals surface area contributed by atoms with Crippen molar-refractivity contribution in [3.63, 3.8) is 0 Å². The van der Waals surface area contributed by atoms with Crippen molar-refractivity contribution in [1.82, 2.24) is 4.98 Å². The molecule has 0 fully saturated rings. The van der Waals surface area contributed by atoms with E-state index in [0.717, 1.165) is 22.2 Å². The predicted octanol–water partition coefficient (Wildman–Crippen LogP) is 2.33. The number of carbonyl (C=O) groups is 1. The molecule has 1 aliphatic rings. The monoisotopic (exact) mass is 201 g/mol. The molecule has 0 bridgehead atoms. The molecule has 0 amide bonds. The van der Waals surface area contributed by atoms with E-state index < -0.39 is 0 Å². The molecule has 1 aliphatic heterocycles. The molecule has 1 aromatic carbocycles. The first kappa shape index (κ1) is 8.53. The summed E-state index contributed by atoms with van der Waals surface area (Å²) in [4.78, 5) is 14.7. The number of hydrogen-bond acceptors (Lipinski definition) is 2. The summed E-state index contributed by atoms with van der Waals surface area (Å²) in [6, 6.07) is 8.03. The molecule has 3 nitrogen and oxygen atoms in total. The number of aromatic nitrogens is 1. The van der Waals surface area contributed by atoms with Crippen molar-refractivity contribution in [3.05, 3.63) is 35.5 Å². The number of fused-ring (bicyclic) bond motifs is 3. The smallest absolute Gasteiger partial charge is 0.311 e. The molecule has 2 heterocycles. The summed E-state index contributed by atoms with van der Waals surface area (Å²) in [5.41, 5.74) is 3.21. The highest BCUT2D eigenvalue weighted by atomic mass is 16.5. The average Bonchev–Trinajstić information content (AvgIpc) is 2.57. The SMILES string of the molecule is CC1OC(=O)Cc2c1[nH]c1ccccc21. The molecule has 0 aliphatic carbocycles. The maximum absolute atomic E-state index is 11.3. The van der Waals surface area contributed by atoms with Crippen LogP contribution < -0.4 is 0 Å². The van der Waals surface area contributed by atoms with Gasteiger partial charge < -0.3 is 9.72 Å². The molecule has 1 N–H and O–H groups in total. The molecule has 2 aromatic rings. The molecule has 1 atom stereocenters. The lowest BCUT2D eigenvalue weighted by molar-refractivity contribution is -0.149. The highest BCUT2D eigenvalue weighted by Gasteiger charge is 2.26. The molecule has 15 heavy (non-hydrogen) atoms. The Labute approximate surface area is 87.1 Å². The van der Waals surface area contributed by atoms with Crippen molar-refractivity contribution < 1.29 is 9.53 Å². The second kappa shape index (κ2) is 2.86. The summed E-state index contributed by atoms with van der Waals surface area (Å²) < 4.78 is 5.17. The number of benzene rings is 1. The van der Waals surface area contributed by atoms with Crippen LogP contribution in [0.25, 0.3) is 10.9 Å². The van der Waals surface area contributed by atoms with Crippen LogP contribution in [0.5, 0.6) is 0 Å². The van der Waals surface area contributed by atoms with Crippen LogP contribution in [0.4, 0.5) is 0 Å². The molecule has 0 spiro atoms. The van der Waals surface area contributed by atoms with Crippen LogP contribution in [0.1, 0.15) is 24.3 Å². The first-order valence-electron chi connectivity index (χ1n) is 5.04. The van der Waals surface area contributed by atoms with Crippen molar-refractivity contribution in [1.29, 1.82) is 0 Å². The van der Waals surface area contributed by atoms with Crippen molar-refractivity contribution >= 4 is 16.9 Å². The van der Waals surface area contributed by atoms with E-state index >= 15 is 0 Å². The third-order valence-corrected chi connectivity index (χ3v) is 2.88. The van der Waals surface area contributed by atoms with Gasteiger partial charge in [-0.2, -0.15) is 0 Å². The van der Waals surface area contributed by atoms with E-state index in [0.29, 0.717) is 6.42 Å². The van der Waals surface area contributed by atoms with E-state index in [4.69, 9.17) is 4.74 Å². The lowest BCUT2D eigenvalue weighted by Crippen LogP contribution is -2.18. The number of carbonyl (C=O) groups excluding carboxylic acids is 1. The number of H-pyrrole nitrogens is 1. The van der Waals surface area contributed by atoms with E-state index in [1.54, 1.807) is 0 Å². The minimum absolute atomic E-state index is 0.139. The number of rotatable bonds is 0. The van der Waals surface area contributed by atoms with E-state index in [-0.39, 0.29) is 12.1 Å². The summed E-state index contributed by atoms with van der Waals surface area (Å²) in [6.45, 7) is 1.89. The second-order valence-electron chi connectivity index (χ2n) is 3.87. The third kappa shape index (κ3) is 1.16. The van der Waals surface area contributed by atoms with Gasteiger partial charge in [0.15, 0.2) is 0 Å². The van der Waals surface area contributed by atoms with Gasteiger partial charge in [0.1, 0.15) is 6.10 Å². The highest BCUT2D eigenvalue weighted by Crippen LogP contribution is 2.32. The fourth-order valence-electron chi connectivity index (χ4n) is 2.20. The molecular weight excluding hydrogens is 190 g/mol. The van der Waals surface area contributed by atoms with Gasteiger partial charge in [0.05, 0.1) is 12.1 Å². The first-order valence-corrected chi connectivity index (χ1v) is 5.04. The van der Waals surface area contributed by atoms with Crippen LogP contribution in [-0.4, -0.2) is 11.0 Å². The zero-order chi connectivity index (χ0) is 10.4. The Morgan fingerprint density at radius 2 is 2.20 bits per heavy atom. The molecule has 3 rings (SSSR count). The van der Waals surface area contributed by atoms with Crippen molar-refractivity contribution in [2.24, 2.45) is 0 Å². The molecule has 0 saturated heterocycles. The summed E-state index contributed by atoms with van der Waals surface area (Å²) in [5, 5.41) is 1.14. The van der Waals surface area contributed by atoms with Gasteiger partial charge in [0.25, 0.3) is 0 Å². The quantitative estimate of drug-likeness (QED) is 0.664. The Balaban J connectivity index is 2.31. The lowest BCUT2D eigenvalue weighted by Gasteiger charge is -2.19. The summed E-state index contributed by atoms with van der Waals surface area (Å²) >= 11 is 0. The van der Waals surface area contributed by atoms with Gasteiger partial charge in [0, 0.05) is 10.9 Å². The van der Waals surface area contributed by atoms with Gasteiger partial charge in [0.2, 0.25) is 0 Å². The predicted molar refractivity (Wildman–Crippen MR) is 56.5 cm³/mol. The molecule has 0 radical (unpaired) electrons. The fraction of sp³-hybridized carbons (Fsp3) is 0.250. The Morgan fingerprint density at radius 1 is 1.40 bits per heavy atom. The number of aromatic amines is 1. The first-order chi connectivity index (χ1) is 7.25. The summed E-state index contributed by atoms with van der Waals surface area (Å²) in [7, 11) is 0. The lowest BCUT2D eigenvalue weighted by atomic mass is 10.0. The zero-order valence-corrected chi connectivity index (χ0v) is 8.41. The Bertz CT molecular complexity index is 542. The molecular formula is C12H11NO2. The molecule has 3 heteroatoms. The van der Waals surface area contributed by atoms with E-state index in [1.165, 1.54) is 0 Å². The van der Waals surface area contributed by atoms with Gasteiger partial charge >= 0.3 is 5.97 Å². The van der Waals surface area contributed by atoms with Gasteiger partial charge in [-0.05, 0) is 18.6 Å². The molecule has 1 unspecified atom stereocenters. The van der Waals surface area contributed by atoms with E-state index in [2.05, 4.69) is 4.98 Å². The maximum Gasteiger partial charge on any atom is 0.311 e. The van der Waals surface area contributed by atoms with Gasteiger partial charge in [-0.3, -0.25) is 4.79 Å². The Hall–Kier alpha value is -1.77. The highest BCUT2D eigenvalue weighted by molar-refractivity contribution is 5.90. The zero-order valence-electron chi connectivity index (χ0n) is 8.41. The number of hydrogen-bond donors (Lipinski definition) is 1. The van der Waals surface area contributed by atoms with Crippen LogP contribution >= 0.6 is 0 Å². The van der Waals surface area contributed by atoms with Gasteiger partial charge in [-0.15, -0.1) is 0 Å². The van der Waals surface area contributed by atoms with Crippen molar-refractivity contribution in [2.45, 2.75) is 19.4 Å². The van der Waals surface area contributed by atoms with Gasteiger partial charge in [-0.1, -0.05) is 18.2 Å². The largest absolute Gasteiger partial charge is 0.456 e. The Morgan fingerprint density at radius 3 is 3.07 bits per heavy atom. The van der Waals surface area contributed by atoms with Crippen molar-refractivity contribution in [3.8, 4) is 0 Å². The normalized spacial score (nSPS) is 20.1. The van der Waals surface area contributed by atoms with Crippen LogP contribution in [-0.2, 0) is 16.0 Å². The van der Waals surface area contributed by atoms with E-state index in [1.807, 2.05) is 31.2 Å². The molecule has 76 valence electrons. The molecule has 1 aromatic heterocycles. The summed E-state index contributed by atoms with van der Waals surface area (Å²) in [5.74, 6) is -0.139. The fourth-order valence-corrected chi connectivity index (χ4v) is 2.20. The van der Waals surface area contributed by atoms with Crippen LogP contribution in [0.3, 0.4) is 0 Å². The second-order valence-corrected chi connectivity index (χ2v) is 3.87. The standard InChI is InChI=1S/C12H11NO2/c1-7-12-9(6-11(14)15-7)8-4-2-3-5-10(8)13-12/h2-5,7,13H,6H2,1H3. The minimum atomic E-state index is -0.159. The minimum Gasteiger partial charge on any atom is -0.456 e. The van der Waals surface area contributed by atoms with E-state index in [9.17, 15) is 4.79 Å². The van der Waals surface area contributed by atoms with Crippen molar-refractivity contribution in [2.75, 3.05) is 0 Å². The number of para-hydroxylation sites is 1. The Kier molecular flexibility index (Phi) is 1.63. The third-order valence-electron chi connectivity index (χ3n) is 2.88. The topological polar surface area (TPSA) is 42.1 Å². The summed E-state index contributed by atoms with van der Waals surface area (Å²) in [6.07, 6.45) is 0.220. The maximum atomic E-state index is 11.3. The molecule has 0 saturated carbocycles. The number of cyclic esters (lactones) is 1.